The van der Waals surface area contributed by atoms with Gasteiger partial charge in [0.2, 0.25) is 11.8 Å². The number of amides is 2. The van der Waals surface area contributed by atoms with Crippen LogP contribution in [0.3, 0.4) is 0 Å². The molecule has 1 N–H and O–H groups in total. The van der Waals surface area contributed by atoms with Crippen LogP contribution in [-0.2, 0) is 16.1 Å². The molecule has 10 heteroatoms. The molecule has 0 aromatic carbocycles. The van der Waals surface area contributed by atoms with Crippen LogP contribution in [0, 0.1) is 20.8 Å². The average molecular weight is 417 g/mol. The van der Waals surface area contributed by atoms with Crippen LogP contribution in [0.15, 0.2) is 4.79 Å². The van der Waals surface area contributed by atoms with E-state index >= 15 is 0 Å². The SMILES string of the molecule is Cc1sc2nc(C)n3c(=O)n(CC(=O)NCCCN4CCCC4=O)nc3c2c1C. The van der Waals surface area contributed by atoms with Gasteiger partial charge in [0.1, 0.15) is 17.2 Å². The molecule has 9 nitrogen and oxygen atoms in total. The van der Waals surface area contributed by atoms with Gasteiger partial charge in [0.15, 0.2) is 5.65 Å². The van der Waals surface area contributed by atoms with Crippen LogP contribution >= 0.6 is 11.3 Å². The number of carbonyl (C=O) groups is 2. The molecule has 1 aliphatic rings. The fourth-order valence-electron chi connectivity index (χ4n) is 3.74. The number of nitrogens with one attached hydrogen (secondary N) is 1. The second kappa shape index (κ2) is 7.58. The quantitative estimate of drug-likeness (QED) is 0.608. The second-order valence-corrected chi connectivity index (χ2v) is 8.61. The monoisotopic (exact) mass is 416 g/mol. The van der Waals surface area contributed by atoms with Crippen molar-refractivity contribution in [1.82, 2.24) is 29.4 Å². The second-order valence-electron chi connectivity index (χ2n) is 7.41. The van der Waals surface area contributed by atoms with Crippen LogP contribution in [0.25, 0.3) is 15.9 Å². The lowest BCUT2D eigenvalue weighted by atomic mass is 10.2. The first kappa shape index (κ1) is 19.6. The fraction of sp³-hybridized carbons (Fsp3) is 0.526. The zero-order valence-corrected chi connectivity index (χ0v) is 17.6. The van der Waals surface area contributed by atoms with E-state index in [2.05, 4.69) is 15.4 Å². The molecule has 1 fully saturated rings. The van der Waals surface area contributed by atoms with E-state index in [1.807, 2.05) is 18.7 Å². The van der Waals surface area contributed by atoms with Crippen molar-refractivity contribution < 1.29 is 9.59 Å². The zero-order chi connectivity index (χ0) is 20.7. The van der Waals surface area contributed by atoms with E-state index in [0.717, 1.165) is 33.6 Å². The number of fused-ring (bicyclic) bond motifs is 3. The maximum Gasteiger partial charge on any atom is 0.352 e. The molecule has 1 saturated heterocycles. The number of hydrogen-bond acceptors (Lipinski definition) is 6. The van der Waals surface area contributed by atoms with Gasteiger partial charge in [0.05, 0.1) is 5.39 Å². The lowest BCUT2D eigenvalue weighted by molar-refractivity contribution is -0.127. The summed E-state index contributed by atoms with van der Waals surface area (Å²) in [4.78, 5) is 45.0. The number of carbonyl (C=O) groups excluding carboxylic acids is 2. The van der Waals surface area contributed by atoms with E-state index < -0.39 is 0 Å². The summed E-state index contributed by atoms with van der Waals surface area (Å²) in [5.41, 5.74) is 1.23. The molecule has 0 spiro atoms. The molecule has 0 aliphatic carbocycles. The first-order chi connectivity index (χ1) is 13.9. The van der Waals surface area contributed by atoms with Gasteiger partial charge in [0.25, 0.3) is 0 Å². The summed E-state index contributed by atoms with van der Waals surface area (Å²) >= 11 is 1.58. The number of hydrogen-bond donors (Lipinski definition) is 1. The number of aryl methyl sites for hydroxylation is 3. The Morgan fingerprint density at radius 3 is 2.76 bits per heavy atom. The highest BCUT2D eigenvalue weighted by molar-refractivity contribution is 7.18. The molecule has 4 heterocycles. The summed E-state index contributed by atoms with van der Waals surface area (Å²) in [6, 6.07) is 0. The van der Waals surface area contributed by atoms with Gasteiger partial charge in [-0.05, 0) is 39.2 Å². The van der Waals surface area contributed by atoms with Gasteiger partial charge >= 0.3 is 5.69 Å². The van der Waals surface area contributed by atoms with Crippen molar-refractivity contribution in [3.63, 3.8) is 0 Å². The fourth-order valence-corrected chi connectivity index (χ4v) is 4.81. The van der Waals surface area contributed by atoms with E-state index in [-0.39, 0.29) is 24.0 Å². The van der Waals surface area contributed by atoms with Gasteiger partial charge in [-0.25, -0.2) is 18.9 Å². The van der Waals surface area contributed by atoms with Crippen molar-refractivity contribution in [1.29, 1.82) is 0 Å². The highest BCUT2D eigenvalue weighted by atomic mass is 32.1. The third-order valence-electron chi connectivity index (χ3n) is 5.41. The van der Waals surface area contributed by atoms with Crippen molar-refractivity contribution in [3.05, 3.63) is 26.7 Å². The highest BCUT2D eigenvalue weighted by Crippen LogP contribution is 2.31. The largest absolute Gasteiger partial charge is 0.354 e. The Labute approximate surface area is 171 Å². The molecule has 1 aliphatic heterocycles. The maximum atomic E-state index is 12.8. The Kier molecular flexibility index (Phi) is 5.12. The van der Waals surface area contributed by atoms with Gasteiger partial charge < -0.3 is 10.2 Å². The first-order valence-electron chi connectivity index (χ1n) is 9.77. The Balaban J connectivity index is 1.48. The number of likely N-dealkylation sites (tertiary alicyclic amines) is 1. The average Bonchev–Trinajstić information content (AvgIpc) is 3.30. The van der Waals surface area contributed by atoms with Crippen LogP contribution in [0.1, 0.15) is 35.5 Å². The summed E-state index contributed by atoms with van der Waals surface area (Å²) in [6.45, 7) is 7.53. The Bertz CT molecular complexity index is 1170. The zero-order valence-electron chi connectivity index (χ0n) is 16.8. The molecule has 0 atom stereocenters. The molecule has 154 valence electrons. The Morgan fingerprint density at radius 1 is 1.24 bits per heavy atom. The predicted octanol–water partition coefficient (Wildman–Crippen LogP) is 1.16. The lowest BCUT2D eigenvalue weighted by Crippen LogP contribution is -2.35. The van der Waals surface area contributed by atoms with Gasteiger partial charge in [-0.3, -0.25) is 9.59 Å². The molecular formula is C19H24N6O3S. The normalized spacial score (nSPS) is 14.4. The minimum absolute atomic E-state index is 0.147. The van der Waals surface area contributed by atoms with Crippen molar-refractivity contribution in [2.75, 3.05) is 19.6 Å². The molecule has 0 bridgehead atoms. The van der Waals surface area contributed by atoms with Crippen LogP contribution < -0.4 is 11.0 Å². The van der Waals surface area contributed by atoms with Crippen molar-refractivity contribution >= 4 is 39.0 Å². The number of aromatic nitrogens is 4. The van der Waals surface area contributed by atoms with Crippen molar-refractivity contribution in [2.24, 2.45) is 0 Å². The molecule has 2 amide bonds. The molecule has 3 aromatic rings. The third-order valence-corrected chi connectivity index (χ3v) is 6.51. The summed E-state index contributed by atoms with van der Waals surface area (Å²) in [5, 5.41) is 8.11. The Hall–Kier alpha value is -2.75. The molecular weight excluding hydrogens is 392 g/mol. The van der Waals surface area contributed by atoms with Crippen molar-refractivity contribution in [2.45, 2.75) is 46.6 Å². The smallest absolute Gasteiger partial charge is 0.352 e. The van der Waals surface area contributed by atoms with Gasteiger partial charge in [-0.2, -0.15) is 0 Å². The molecule has 0 unspecified atom stereocenters. The van der Waals surface area contributed by atoms with Crippen LogP contribution in [0.5, 0.6) is 0 Å². The van der Waals surface area contributed by atoms with E-state index in [4.69, 9.17) is 0 Å². The minimum atomic E-state index is -0.368. The van der Waals surface area contributed by atoms with E-state index in [1.54, 1.807) is 18.3 Å². The van der Waals surface area contributed by atoms with Gasteiger partial charge in [-0.1, -0.05) is 0 Å². The van der Waals surface area contributed by atoms with Crippen LogP contribution in [0.4, 0.5) is 0 Å². The number of thiophene rings is 1. The van der Waals surface area contributed by atoms with Gasteiger partial charge in [0, 0.05) is 30.9 Å². The Morgan fingerprint density at radius 2 is 2.03 bits per heavy atom. The van der Waals surface area contributed by atoms with E-state index in [1.165, 1.54) is 9.08 Å². The summed E-state index contributed by atoms with van der Waals surface area (Å²) in [7, 11) is 0. The third kappa shape index (κ3) is 3.52. The first-order valence-corrected chi connectivity index (χ1v) is 10.6. The standard InChI is InChI=1S/C19H24N6O3S/c1-11-12(2)29-18-16(11)17-22-24(19(28)25(17)13(3)21-18)10-14(26)20-7-5-9-23-8-4-6-15(23)27/h4-10H2,1-3H3,(H,20,26). The van der Waals surface area contributed by atoms with E-state index in [0.29, 0.717) is 37.4 Å². The summed E-state index contributed by atoms with van der Waals surface area (Å²) < 4.78 is 2.66. The molecule has 3 aromatic heterocycles. The van der Waals surface area contributed by atoms with Crippen LogP contribution in [-0.4, -0.2) is 55.5 Å². The molecule has 4 rings (SSSR count). The number of rotatable bonds is 6. The lowest BCUT2D eigenvalue weighted by Gasteiger charge is -2.15. The molecule has 0 saturated carbocycles. The van der Waals surface area contributed by atoms with Gasteiger partial charge in [-0.15, -0.1) is 16.4 Å². The predicted molar refractivity (Wildman–Crippen MR) is 110 cm³/mol. The molecule has 0 radical (unpaired) electrons. The van der Waals surface area contributed by atoms with Crippen molar-refractivity contribution in [3.8, 4) is 0 Å². The summed E-state index contributed by atoms with van der Waals surface area (Å²) in [5.74, 6) is 0.464. The minimum Gasteiger partial charge on any atom is -0.354 e. The highest BCUT2D eigenvalue weighted by Gasteiger charge is 2.20. The number of nitrogens with zero attached hydrogens (tertiary/aromatic N) is 5. The summed E-state index contributed by atoms with van der Waals surface area (Å²) in [6.07, 6.45) is 2.22. The molecule has 29 heavy (non-hydrogen) atoms. The maximum absolute atomic E-state index is 12.8. The van der Waals surface area contributed by atoms with E-state index in [9.17, 15) is 14.4 Å². The van der Waals surface area contributed by atoms with Crippen LogP contribution in [0.2, 0.25) is 0 Å². The topological polar surface area (TPSA) is 102 Å².